The van der Waals surface area contributed by atoms with Gasteiger partial charge in [-0.25, -0.2) is 4.57 Å². The van der Waals surface area contributed by atoms with Gasteiger partial charge in [-0.2, -0.15) is 0 Å². The lowest BCUT2D eigenvalue weighted by Crippen LogP contribution is -2.30. The van der Waals surface area contributed by atoms with Gasteiger partial charge in [0, 0.05) is 19.3 Å². The summed E-state index contributed by atoms with van der Waals surface area (Å²) in [4.78, 5) is 48.4. The van der Waals surface area contributed by atoms with Crippen LogP contribution in [0.15, 0.2) is 36.5 Å². The highest BCUT2D eigenvalue weighted by atomic mass is 31.2. The van der Waals surface area contributed by atoms with Crippen molar-refractivity contribution < 1.29 is 52.2 Å². The van der Waals surface area contributed by atoms with E-state index in [1.54, 1.807) is 0 Å². The number of hydrogen-bond acceptors (Lipinski definition) is 10. The molecule has 0 amide bonds. The summed E-state index contributed by atoms with van der Waals surface area (Å²) in [6.07, 6.45) is 51.0. The van der Waals surface area contributed by atoms with E-state index in [0.29, 0.717) is 19.3 Å². The minimum atomic E-state index is -4.74. The molecule has 3 unspecified atom stereocenters. The average molecular weight is 983 g/mol. The highest BCUT2D eigenvalue weighted by Crippen LogP contribution is 2.43. The van der Waals surface area contributed by atoms with E-state index in [2.05, 4.69) is 57.2 Å². The summed E-state index contributed by atoms with van der Waals surface area (Å²) in [5.41, 5.74) is 0. The first-order valence-electron chi connectivity index (χ1n) is 27.9. The second-order valence-electron chi connectivity index (χ2n) is 18.7. The number of aliphatic hydroxyl groups is 1. The summed E-state index contributed by atoms with van der Waals surface area (Å²) in [5, 5.41) is 9.79. The van der Waals surface area contributed by atoms with Crippen molar-refractivity contribution >= 4 is 25.7 Å². The van der Waals surface area contributed by atoms with Crippen molar-refractivity contribution in [2.75, 3.05) is 26.4 Å². The molecule has 12 heteroatoms. The topological polar surface area (TPSA) is 155 Å². The first-order chi connectivity index (χ1) is 33.2. The molecule has 0 rings (SSSR count). The highest BCUT2D eigenvalue weighted by Gasteiger charge is 2.28. The Hall–Kier alpha value is -2.30. The third-order valence-electron chi connectivity index (χ3n) is 12.0. The smallest absolute Gasteiger partial charge is 0.462 e. The van der Waals surface area contributed by atoms with Crippen molar-refractivity contribution in [2.24, 2.45) is 0 Å². The minimum absolute atomic E-state index is 0.158. The SMILES string of the molecule is CCCC/C=C\CCCCCCCC(=O)OCC(COP(=O)(O)OCC(CO)OC(=O)CCCCCCC/C=C\CCCCCCCC)OC(=O)CCCCCCC/C=C\CCCCCCCC. The molecule has 0 aliphatic heterocycles. The lowest BCUT2D eigenvalue weighted by molar-refractivity contribution is -0.161. The summed E-state index contributed by atoms with van der Waals surface area (Å²) >= 11 is 0. The van der Waals surface area contributed by atoms with Crippen LogP contribution in [-0.4, -0.2) is 66.5 Å². The van der Waals surface area contributed by atoms with E-state index in [-0.39, 0.29) is 25.9 Å². The quantitative estimate of drug-likeness (QED) is 0.0197. The number of hydrogen-bond donors (Lipinski definition) is 2. The van der Waals surface area contributed by atoms with E-state index >= 15 is 0 Å². The Morgan fingerprint density at radius 2 is 0.691 bits per heavy atom. The molecule has 0 aromatic carbocycles. The van der Waals surface area contributed by atoms with Crippen molar-refractivity contribution in [2.45, 2.75) is 277 Å². The van der Waals surface area contributed by atoms with E-state index in [1.807, 2.05) is 0 Å². The minimum Gasteiger partial charge on any atom is -0.462 e. The van der Waals surface area contributed by atoms with Crippen molar-refractivity contribution in [3.8, 4) is 0 Å². The summed E-state index contributed by atoms with van der Waals surface area (Å²) in [7, 11) is -4.74. The Labute approximate surface area is 416 Å². The van der Waals surface area contributed by atoms with Gasteiger partial charge in [-0.3, -0.25) is 23.4 Å². The van der Waals surface area contributed by atoms with Gasteiger partial charge in [0.2, 0.25) is 0 Å². The van der Waals surface area contributed by atoms with Crippen molar-refractivity contribution in [1.29, 1.82) is 0 Å². The molecule has 0 saturated carbocycles. The number of aliphatic hydroxyl groups excluding tert-OH is 1. The predicted octanol–water partition coefficient (Wildman–Crippen LogP) is 16.0. The zero-order valence-electron chi connectivity index (χ0n) is 43.8. The van der Waals surface area contributed by atoms with Gasteiger partial charge in [-0.1, -0.05) is 192 Å². The van der Waals surface area contributed by atoms with Crippen LogP contribution in [0.25, 0.3) is 0 Å². The zero-order chi connectivity index (χ0) is 49.9. The Kier molecular flexibility index (Phi) is 49.3. The number of ether oxygens (including phenoxy) is 3. The van der Waals surface area contributed by atoms with Gasteiger partial charge >= 0.3 is 25.7 Å². The summed E-state index contributed by atoms with van der Waals surface area (Å²) < 4.78 is 39.4. The van der Waals surface area contributed by atoms with Crippen LogP contribution in [0.3, 0.4) is 0 Å². The van der Waals surface area contributed by atoms with Gasteiger partial charge in [0.25, 0.3) is 0 Å². The molecular weight excluding hydrogens is 880 g/mol. The Morgan fingerprint density at radius 1 is 0.397 bits per heavy atom. The molecular formula is C56H103O11P. The zero-order valence-corrected chi connectivity index (χ0v) is 44.7. The maximum absolute atomic E-state index is 12.9. The molecule has 2 N–H and O–H groups in total. The molecule has 0 aliphatic carbocycles. The second-order valence-corrected chi connectivity index (χ2v) is 20.2. The number of allylic oxidation sites excluding steroid dienone is 6. The average Bonchev–Trinajstić information content (AvgIpc) is 3.32. The Morgan fingerprint density at radius 3 is 1.06 bits per heavy atom. The maximum Gasteiger partial charge on any atom is 0.472 e. The molecule has 11 nitrogen and oxygen atoms in total. The van der Waals surface area contributed by atoms with E-state index in [9.17, 15) is 28.9 Å². The molecule has 68 heavy (non-hydrogen) atoms. The fourth-order valence-electron chi connectivity index (χ4n) is 7.68. The lowest BCUT2D eigenvalue weighted by atomic mass is 10.1. The first-order valence-corrected chi connectivity index (χ1v) is 29.4. The highest BCUT2D eigenvalue weighted by molar-refractivity contribution is 7.47. The van der Waals surface area contributed by atoms with E-state index in [1.165, 1.54) is 89.9 Å². The number of carbonyl (C=O) groups is 3. The third kappa shape index (κ3) is 48.7. The molecule has 0 spiro atoms. The van der Waals surface area contributed by atoms with Gasteiger partial charge in [0.15, 0.2) is 6.10 Å². The molecule has 0 aromatic heterocycles. The number of phosphoric ester groups is 1. The van der Waals surface area contributed by atoms with E-state index in [0.717, 1.165) is 116 Å². The molecule has 0 bridgehead atoms. The lowest BCUT2D eigenvalue weighted by Gasteiger charge is -2.21. The van der Waals surface area contributed by atoms with Gasteiger partial charge in [-0.15, -0.1) is 0 Å². The summed E-state index contributed by atoms with van der Waals surface area (Å²) in [6, 6.07) is 0. The number of carbonyl (C=O) groups excluding carboxylic acids is 3. The van der Waals surface area contributed by atoms with Crippen LogP contribution < -0.4 is 0 Å². The van der Waals surface area contributed by atoms with Gasteiger partial charge in [0.1, 0.15) is 12.7 Å². The molecule has 0 fully saturated rings. The molecule has 398 valence electrons. The number of unbranched alkanes of at least 4 members (excludes halogenated alkanes) is 29. The first kappa shape index (κ1) is 65.7. The fourth-order valence-corrected chi connectivity index (χ4v) is 8.46. The number of rotatable bonds is 52. The number of phosphoric acid groups is 1. The van der Waals surface area contributed by atoms with E-state index in [4.69, 9.17) is 23.3 Å². The van der Waals surface area contributed by atoms with Crippen LogP contribution >= 0.6 is 7.82 Å². The predicted molar refractivity (Wildman–Crippen MR) is 279 cm³/mol. The monoisotopic (exact) mass is 983 g/mol. The normalized spacial score (nSPS) is 13.7. The summed E-state index contributed by atoms with van der Waals surface area (Å²) in [6.45, 7) is 4.58. The third-order valence-corrected chi connectivity index (χ3v) is 13.0. The van der Waals surface area contributed by atoms with Crippen molar-refractivity contribution in [1.82, 2.24) is 0 Å². The molecule has 0 saturated heterocycles. The van der Waals surface area contributed by atoms with Gasteiger partial charge in [-0.05, 0) is 89.9 Å². The molecule has 0 radical (unpaired) electrons. The van der Waals surface area contributed by atoms with Crippen molar-refractivity contribution in [3.63, 3.8) is 0 Å². The van der Waals surface area contributed by atoms with Crippen molar-refractivity contribution in [3.05, 3.63) is 36.5 Å². The van der Waals surface area contributed by atoms with Crippen LogP contribution in [0.4, 0.5) is 0 Å². The molecule has 0 heterocycles. The molecule has 0 aliphatic rings. The van der Waals surface area contributed by atoms with Crippen LogP contribution in [0.1, 0.15) is 265 Å². The van der Waals surface area contributed by atoms with Crippen LogP contribution in [0.2, 0.25) is 0 Å². The van der Waals surface area contributed by atoms with Crippen LogP contribution in [0, 0.1) is 0 Å². The molecule has 3 atom stereocenters. The second kappa shape index (κ2) is 51.1. The standard InChI is InChI=1S/C56H103O11P/c1-4-7-10-13-16-19-22-24-26-28-31-34-37-40-43-46-55(59)66-52(48-57)50-64-68(61,62)65-51-53(49-63-54(58)45-42-39-36-33-30-21-18-15-12-9-6-3)67-56(60)47-44-41-38-35-32-29-27-25-23-20-17-14-11-8-5-2/h15,18,24-27,52-53,57H,4-14,16-17,19-23,28-51H2,1-3H3,(H,61,62)/b18-15-,26-24-,27-25-. The largest absolute Gasteiger partial charge is 0.472 e. The Balaban J connectivity index is 4.70. The fraction of sp³-hybridized carbons (Fsp3) is 0.839. The van der Waals surface area contributed by atoms with Crippen LogP contribution in [-0.2, 0) is 42.2 Å². The molecule has 0 aromatic rings. The van der Waals surface area contributed by atoms with Crippen LogP contribution in [0.5, 0.6) is 0 Å². The Bertz CT molecular complexity index is 1280. The van der Waals surface area contributed by atoms with Gasteiger partial charge in [0.05, 0.1) is 19.8 Å². The van der Waals surface area contributed by atoms with Gasteiger partial charge < -0.3 is 24.2 Å². The number of esters is 3. The summed E-state index contributed by atoms with van der Waals surface area (Å²) in [5.74, 6) is -1.48. The maximum atomic E-state index is 12.9. The van der Waals surface area contributed by atoms with E-state index < -0.39 is 57.8 Å².